The average molecular weight is 280 g/mol. The van der Waals surface area contributed by atoms with Crippen LogP contribution < -0.4 is 0 Å². The van der Waals surface area contributed by atoms with Crippen LogP contribution in [0.5, 0.6) is 0 Å². The lowest BCUT2D eigenvalue weighted by Crippen LogP contribution is -2.29. The van der Waals surface area contributed by atoms with Crippen molar-refractivity contribution in [2.75, 3.05) is 0 Å². The first-order valence-corrected chi connectivity index (χ1v) is 7.63. The fraction of sp³-hybridized carbons (Fsp3) is 0.857. The fourth-order valence-corrected chi connectivity index (χ4v) is 3.42. The quantitative estimate of drug-likeness (QED) is 0.830. The third-order valence-corrected chi connectivity index (χ3v) is 4.58. The maximum Gasteiger partial charge on any atom is 0.305 e. The number of carbonyl (C=O) groups is 1. The molecule has 0 spiro atoms. The molecular weight excluding hydrogens is 256 g/mol. The van der Waals surface area contributed by atoms with Crippen LogP contribution in [-0.2, 0) is 10.2 Å². The molecule has 1 saturated carbocycles. The van der Waals surface area contributed by atoms with E-state index in [1.54, 1.807) is 4.68 Å². The van der Waals surface area contributed by atoms with Crippen LogP contribution in [0.4, 0.5) is 0 Å². The third kappa shape index (κ3) is 2.83. The monoisotopic (exact) mass is 280 g/mol. The van der Waals surface area contributed by atoms with Crippen molar-refractivity contribution in [1.29, 1.82) is 0 Å². The molecule has 1 aromatic rings. The first-order valence-electron chi connectivity index (χ1n) is 7.63. The molecule has 1 N–H and O–H groups in total. The second kappa shape index (κ2) is 6.33. The summed E-state index contributed by atoms with van der Waals surface area (Å²) in [6.45, 7) is 4.24. The zero-order chi connectivity index (χ0) is 14.6. The van der Waals surface area contributed by atoms with Crippen molar-refractivity contribution in [3.05, 3.63) is 5.82 Å². The highest BCUT2D eigenvalue weighted by Crippen LogP contribution is 2.43. The van der Waals surface area contributed by atoms with Crippen molar-refractivity contribution < 1.29 is 9.90 Å². The number of hydrogen-bond acceptors (Lipinski definition) is 4. The maximum absolute atomic E-state index is 11.1. The summed E-state index contributed by atoms with van der Waals surface area (Å²) in [7, 11) is 0. The Morgan fingerprint density at radius 2 is 2.10 bits per heavy atom. The van der Waals surface area contributed by atoms with E-state index in [1.807, 2.05) is 0 Å². The smallest absolute Gasteiger partial charge is 0.305 e. The Balaban J connectivity index is 2.32. The SMILES string of the molecule is CCCC(CC(=O)O)n1nnnc1C1(CC)CCCC1. The van der Waals surface area contributed by atoms with Crippen LogP contribution in [0.15, 0.2) is 0 Å². The largest absolute Gasteiger partial charge is 0.481 e. The lowest BCUT2D eigenvalue weighted by atomic mass is 9.82. The molecule has 1 aromatic heterocycles. The van der Waals surface area contributed by atoms with Crippen molar-refractivity contribution in [1.82, 2.24) is 20.2 Å². The molecule has 0 radical (unpaired) electrons. The van der Waals surface area contributed by atoms with Crippen molar-refractivity contribution in [2.24, 2.45) is 0 Å². The Kier molecular flexibility index (Phi) is 4.73. The molecule has 0 saturated heterocycles. The number of rotatable bonds is 7. The van der Waals surface area contributed by atoms with Crippen LogP contribution in [0.1, 0.15) is 77.1 Å². The molecule has 1 aliphatic carbocycles. The van der Waals surface area contributed by atoms with Crippen molar-refractivity contribution in [3.63, 3.8) is 0 Å². The summed E-state index contributed by atoms with van der Waals surface area (Å²) in [6, 6.07) is -0.133. The van der Waals surface area contributed by atoms with Gasteiger partial charge in [0.2, 0.25) is 0 Å². The summed E-state index contributed by atoms with van der Waals surface area (Å²) in [4.78, 5) is 11.1. The minimum Gasteiger partial charge on any atom is -0.481 e. The van der Waals surface area contributed by atoms with Gasteiger partial charge in [-0.1, -0.05) is 33.1 Å². The summed E-state index contributed by atoms with van der Waals surface area (Å²) in [5.74, 6) is 0.110. The minimum absolute atomic E-state index is 0.0496. The van der Waals surface area contributed by atoms with Crippen LogP contribution in [-0.4, -0.2) is 31.3 Å². The second-order valence-corrected chi connectivity index (χ2v) is 5.83. The van der Waals surface area contributed by atoms with E-state index in [2.05, 4.69) is 29.4 Å². The minimum atomic E-state index is -0.790. The van der Waals surface area contributed by atoms with Gasteiger partial charge in [-0.05, 0) is 36.1 Å². The topological polar surface area (TPSA) is 80.9 Å². The number of aliphatic carboxylic acids is 1. The first-order chi connectivity index (χ1) is 9.63. The van der Waals surface area contributed by atoms with Crippen LogP contribution in [0, 0.1) is 0 Å². The van der Waals surface area contributed by atoms with E-state index in [9.17, 15) is 4.79 Å². The summed E-state index contributed by atoms with van der Waals surface area (Å²) < 4.78 is 1.80. The van der Waals surface area contributed by atoms with Crippen LogP contribution in [0.25, 0.3) is 0 Å². The zero-order valence-electron chi connectivity index (χ0n) is 12.4. The summed E-state index contributed by atoms with van der Waals surface area (Å²) in [5, 5.41) is 21.3. The van der Waals surface area contributed by atoms with Crippen LogP contribution in [0.3, 0.4) is 0 Å². The highest BCUT2D eigenvalue weighted by molar-refractivity contribution is 5.67. The van der Waals surface area contributed by atoms with Gasteiger partial charge in [-0.15, -0.1) is 5.10 Å². The number of nitrogens with zero attached hydrogens (tertiary/aromatic N) is 4. The van der Waals surface area contributed by atoms with Crippen molar-refractivity contribution in [2.45, 2.75) is 76.7 Å². The molecule has 112 valence electrons. The molecule has 6 heteroatoms. The highest BCUT2D eigenvalue weighted by atomic mass is 16.4. The number of tetrazole rings is 1. The molecule has 0 aromatic carbocycles. The molecule has 1 aliphatic rings. The second-order valence-electron chi connectivity index (χ2n) is 5.83. The number of aromatic nitrogens is 4. The van der Waals surface area contributed by atoms with Crippen molar-refractivity contribution >= 4 is 5.97 Å². The molecule has 1 fully saturated rings. The predicted molar refractivity (Wildman–Crippen MR) is 74.5 cm³/mol. The molecule has 2 rings (SSSR count). The van der Waals surface area contributed by atoms with Crippen molar-refractivity contribution in [3.8, 4) is 0 Å². The fourth-order valence-electron chi connectivity index (χ4n) is 3.42. The lowest BCUT2D eigenvalue weighted by Gasteiger charge is -2.28. The van der Waals surface area contributed by atoms with E-state index >= 15 is 0 Å². The van der Waals surface area contributed by atoms with Gasteiger partial charge >= 0.3 is 5.97 Å². The number of carboxylic acid groups (broad SMARTS) is 1. The molecule has 0 aliphatic heterocycles. The van der Waals surface area contributed by atoms with Gasteiger partial charge in [-0.3, -0.25) is 4.79 Å². The summed E-state index contributed by atoms with van der Waals surface area (Å²) >= 11 is 0. The molecule has 1 atom stereocenters. The Bertz CT molecular complexity index is 452. The third-order valence-electron chi connectivity index (χ3n) is 4.58. The Morgan fingerprint density at radius 3 is 2.65 bits per heavy atom. The lowest BCUT2D eigenvalue weighted by molar-refractivity contribution is -0.138. The molecule has 1 unspecified atom stereocenters. The van der Waals surface area contributed by atoms with E-state index in [-0.39, 0.29) is 17.9 Å². The first kappa shape index (κ1) is 14.9. The van der Waals surface area contributed by atoms with E-state index in [1.165, 1.54) is 12.8 Å². The van der Waals surface area contributed by atoms with Gasteiger partial charge < -0.3 is 5.11 Å². The van der Waals surface area contributed by atoms with Crippen LogP contribution >= 0.6 is 0 Å². The summed E-state index contributed by atoms with van der Waals surface area (Å²) in [5.41, 5.74) is 0.0496. The van der Waals surface area contributed by atoms with Gasteiger partial charge in [-0.2, -0.15) is 0 Å². The normalized spacial score (nSPS) is 19.1. The number of hydrogen-bond donors (Lipinski definition) is 1. The molecule has 0 amide bonds. The van der Waals surface area contributed by atoms with E-state index in [0.29, 0.717) is 0 Å². The molecule has 1 heterocycles. The molecule has 6 nitrogen and oxygen atoms in total. The molecule has 20 heavy (non-hydrogen) atoms. The van der Waals surface area contributed by atoms with Gasteiger partial charge in [0.1, 0.15) is 0 Å². The maximum atomic E-state index is 11.1. The molecule has 0 bridgehead atoms. The Labute approximate surface area is 119 Å². The Hall–Kier alpha value is -1.46. The van der Waals surface area contributed by atoms with E-state index in [4.69, 9.17) is 5.11 Å². The predicted octanol–water partition coefficient (Wildman–Crippen LogP) is 2.71. The van der Waals surface area contributed by atoms with Gasteiger partial charge in [0, 0.05) is 5.41 Å². The summed E-state index contributed by atoms with van der Waals surface area (Å²) in [6.07, 6.45) is 7.45. The zero-order valence-corrected chi connectivity index (χ0v) is 12.4. The van der Waals surface area contributed by atoms with Gasteiger partial charge in [0.15, 0.2) is 5.82 Å². The van der Waals surface area contributed by atoms with Gasteiger partial charge in [-0.25, -0.2) is 4.68 Å². The van der Waals surface area contributed by atoms with Crippen LogP contribution in [0.2, 0.25) is 0 Å². The van der Waals surface area contributed by atoms with E-state index < -0.39 is 5.97 Å². The highest BCUT2D eigenvalue weighted by Gasteiger charge is 2.39. The van der Waals surface area contributed by atoms with E-state index in [0.717, 1.165) is 37.9 Å². The Morgan fingerprint density at radius 1 is 1.40 bits per heavy atom. The number of carboxylic acids is 1. The van der Waals surface area contributed by atoms with Gasteiger partial charge in [0.25, 0.3) is 0 Å². The average Bonchev–Trinajstić information content (AvgIpc) is 3.07. The molecular formula is C14H24N4O2. The standard InChI is InChI=1S/C14H24N4O2/c1-3-7-11(10-12(19)20)18-13(15-16-17-18)14(4-2)8-5-6-9-14/h11H,3-10H2,1-2H3,(H,19,20). The van der Waals surface area contributed by atoms with Gasteiger partial charge in [0.05, 0.1) is 12.5 Å².